The number of nitrogens with one attached hydrogen (secondary N) is 1. The molecule has 0 aliphatic heterocycles. The van der Waals surface area contributed by atoms with Crippen LogP contribution < -0.4 is 10.1 Å². The Balaban J connectivity index is 1.63. The van der Waals surface area contributed by atoms with Crippen LogP contribution in [0, 0.1) is 0 Å². The third kappa shape index (κ3) is 6.05. The first-order valence-electron chi connectivity index (χ1n) is 11.4. The van der Waals surface area contributed by atoms with E-state index in [2.05, 4.69) is 5.32 Å². The molecule has 2 heterocycles. The Morgan fingerprint density at radius 2 is 1.91 bits per heavy atom. The van der Waals surface area contributed by atoms with Crippen LogP contribution in [0.5, 0.6) is 5.75 Å². The van der Waals surface area contributed by atoms with E-state index in [0.29, 0.717) is 5.76 Å². The topological polar surface area (TPSA) is 71.8 Å². The zero-order valence-corrected chi connectivity index (χ0v) is 19.7. The van der Waals surface area contributed by atoms with Crippen LogP contribution in [0.15, 0.2) is 64.6 Å². The number of ether oxygens (including phenoxy) is 1. The summed E-state index contributed by atoms with van der Waals surface area (Å²) in [6.45, 7) is 0.289. The number of rotatable bonds is 9. The Hall–Kier alpha value is -3.06. The van der Waals surface area contributed by atoms with E-state index in [1.54, 1.807) is 30.4 Å². The predicted octanol–water partition coefficient (Wildman–Crippen LogP) is 5.11. The number of carbonyl (C=O) groups excluding carboxylic acids is 2. The van der Waals surface area contributed by atoms with Crippen LogP contribution in [0.1, 0.15) is 54.3 Å². The van der Waals surface area contributed by atoms with Crippen LogP contribution in [0.4, 0.5) is 0 Å². The number of amides is 2. The van der Waals surface area contributed by atoms with Crippen LogP contribution in [0.2, 0.25) is 0 Å². The highest BCUT2D eigenvalue weighted by atomic mass is 32.1. The summed E-state index contributed by atoms with van der Waals surface area (Å²) in [5.74, 6) is 0.905. The third-order valence-electron chi connectivity index (χ3n) is 6.06. The molecule has 1 aliphatic carbocycles. The summed E-state index contributed by atoms with van der Waals surface area (Å²) < 4.78 is 10.9. The van der Waals surface area contributed by atoms with E-state index < -0.39 is 6.04 Å². The number of hydrogen-bond acceptors (Lipinski definition) is 5. The molecule has 0 spiro atoms. The van der Waals surface area contributed by atoms with Crippen molar-refractivity contribution in [3.05, 3.63) is 76.4 Å². The fraction of sp³-hybridized carbons (Fsp3) is 0.385. The van der Waals surface area contributed by atoms with E-state index in [0.717, 1.165) is 41.9 Å². The number of furan rings is 1. The van der Waals surface area contributed by atoms with Crippen LogP contribution >= 0.6 is 11.3 Å². The molecule has 1 fully saturated rings. The van der Waals surface area contributed by atoms with Gasteiger partial charge in [-0.3, -0.25) is 9.59 Å². The van der Waals surface area contributed by atoms with Crippen molar-refractivity contribution in [1.29, 1.82) is 0 Å². The van der Waals surface area contributed by atoms with Crippen molar-refractivity contribution < 1.29 is 18.7 Å². The molecule has 7 heteroatoms. The fourth-order valence-corrected chi connectivity index (χ4v) is 5.01. The van der Waals surface area contributed by atoms with E-state index in [1.807, 2.05) is 41.8 Å². The zero-order chi connectivity index (χ0) is 23.0. The molecule has 2 aromatic heterocycles. The molecule has 0 radical (unpaired) electrons. The van der Waals surface area contributed by atoms with Crippen LogP contribution in [-0.2, 0) is 22.6 Å². The van der Waals surface area contributed by atoms with Gasteiger partial charge in [0, 0.05) is 17.5 Å². The molecular formula is C26H30N2O4S. The summed E-state index contributed by atoms with van der Waals surface area (Å²) in [5.41, 5.74) is 0.914. The molecule has 174 valence electrons. The smallest absolute Gasteiger partial charge is 0.250 e. The van der Waals surface area contributed by atoms with Gasteiger partial charge in [0.05, 0.1) is 19.8 Å². The highest BCUT2D eigenvalue weighted by molar-refractivity contribution is 7.10. The lowest BCUT2D eigenvalue weighted by Crippen LogP contribution is -2.47. The van der Waals surface area contributed by atoms with Gasteiger partial charge in [0.1, 0.15) is 11.5 Å². The Morgan fingerprint density at radius 1 is 1.12 bits per heavy atom. The van der Waals surface area contributed by atoms with Gasteiger partial charge in [-0.25, -0.2) is 0 Å². The second-order valence-electron chi connectivity index (χ2n) is 8.39. The van der Waals surface area contributed by atoms with Gasteiger partial charge in [0.15, 0.2) is 6.04 Å². The molecule has 6 nitrogen and oxygen atoms in total. The number of benzene rings is 1. The lowest BCUT2D eigenvalue weighted by molar-refractivity contribution is -0.142. The molecule has 1 aliphatic rings. The quantitative estimate of drug-likeness (QED) is 0.476. The number of hydrogen-bond donors (Lipinski definition) is 1. The summed E-state index contributed by atoms with van der Waals surface area (Å²) in [6.07, 6.45) is 7.16. The molecule has 1 atom stereocenters. The molecule has 33 heavy (non-hydrogen) atoms. The second kappa shape index (κ2) is 11.2. The monoisotopic (exact) mass is 466 g/mol. The van der Waals surface area contributed by atoms with E-state index in [9.17, 15) is 9.59 Å². The van der Waals surface area contributed by atoms with Gasteiger partial charge in [0.2, 0.25) is 5.91 Å². The number of nitrogens with zero attached hydrogens (tertiary/aromatic N) is 1. The largest absolute Gasteiger partial charge is 0.497 e. The SMILES string of the molecule is COc1ccc(CN(C(=O)Cc2cccs2)[C@@H](C(=O)NC2CCCCC2)c2ccco2)cc1. The van der Waals surface area contributed by atoms with Crippen molar-refractivity contribution in [3.63, 3.8) is 0 Å². The van der Waals surface area contributed by atoms with E-state index in [1.165, 1.54) is 17.8 Å². The molecular weight excluding hydrogens is 436 g/mol. The maximum absolute atomic E-state index is 13.6. The first kappa shape index (κ1) is 23.1. The zero-order valence-electron chi connectivity index (χ0n) is 18.9. The third-order valence-corrected chi connectivity index (χ3v) is 6.94. The van der Waals surface area contributed by atoms with Crippen LogP contribution in [0.3, 0.4) is 0 Å². The van der Waals surface area contributed by atoms with Gasteiger partial charge in [-0.05, 0) is 54.1 Å². The van der Waals surface area contributed by atoms with Crippen molar-refractivity contribution >= 4 is 23.2 Å². The Labute approximate surface area is 198 Å². The fourth-order valence-electron chi connectivity index (χ4n) is 4.31. The average Bonchev–Trinajstić information content (AvgIpc) is 3.54. The lowest BCUT2D eigenvalue weighted by atomic mass is 9.95. The maximum atomic E-state index is 13.6. The minimum atomic E-state index is -0.837. The van der Waals surface area contributed by atoms with Crippen molar-refractivity contribution in [2.45, 2.75) is 57.2 Å². The first-order valence-corrected chi connectivity index (χ1v) is 12.3. The lowest BCUT2D eigenvalue weighted by Gasteiger charge is -2.32. The Bertz CT molecular complexity index is 1010. The summed E-state index contributed by atoms with van der Waals surface area (Å²) in [7, 11) is 1.62. The molecule has 1 N–H and O–H groups in total. The minimum Gasteiger partial charge on any atom is -0.497 e. The molecule has 3 aromatic rings. The molecule has 4 rings (SSSR count). The van der Waals surface area contributed by atoms with Gasteiger partial charge < -0.3 is 19.4 Å². The summed E-state index contributed by atoms with van der Waals surface area (Å²) in [6, 6.07) is 14.3. The van der Waals surface area contributed by atoms with E-state index >= 15 is 0 Å². The van der Waals surface area contributed by atoms with E-state index in [4.69, 9.17) is 9.15 Å². The van der Waals surface area contributed by atoms with Gasteiger partial charge >= 0.3 is 0 Å². The van der Waals surface area contributed by atoms with Gasteiger partial charge in [-0.2, -0.15) is 0 Å². The normalized spacial score (nSPS) is 15.1. The summed E-state index contributed by atoms with van der Waals surface area (Å²) in [4.78, 5) is 29.7. The van der Waals surface area contributed by atoms with Crippen molar-refractivity contribution in [2.75, 3.05) is 7.11 Å². The number of thiophene rings is 1. The first-order chi connectivity index (χ1) is 16.1. The number of methoxy groups -OCH3 is 1. The van der Waals surface area contributed by atoms with Gasteiger partial charge in [0.25, 0.3) is 5.91 Å². The Morgan fingerprint density at radius 3 is 2.55 bits per heavy atom. The number of carbonyl (C=O) groups is 2. The van der Waals surface area contributed by atoms with E-state index in [-0.39, 0.29) is 30.8 Å². The van der Waals surface area contributed by atoms with Crippen molar-refractivity contribution in [2.24, 2.45) is 0 Å². The standard InChI is InChI=1S/C26H30N2O4S/c1-31-21-13-11-19(12-14-21)18-28(24(29)17-22-9-6-16-33-22)25(23-10-5-15-32-23)26(30)27-20-7-3-2-4-8-20/h5-6,9-16,20,25H,2-4,7-8,17-18H2,1H3,(H,27,30)/t25-/m1/s1. The molecule has 2 amide bonds. The second-order valence-corrected chi connectivity index (χ2v) is 9.42. The van der Waals surface area contributed by atoms with Gasteiger partial charge in [-0.1, -0.05) is 37.5 Å². The molecule has 0 saturated heterocycles. The molecule has 0 bridgehead atoms. The summed E-state index contributed by atoms with van der Waals surface area (Å²) in [5, 5.41) is 5.15. The van der Waals surface area contributed by atoms with Crippen LogP contribution in [0.25, 0.3) is 0 Å². The Kier molecular flexibility index (Phi) is 7.83. The minimum absolute atomic E-state index is 0.117. The summed E-state index contributed by atoms with van der Waals surface area (Å²) >= 11 is 1.54. The predicted molar refractivity (Wildman–Crippen MR) is 128 cm³/mol. The van der Waals surface area contributed by atoms with Crippen LogP contribution in [-0.4, -0.2) is 29.9 Å². The highest BCUT2D eigenvalue weighted by Crippen LogP contribution is 2.28. The van der Waals surface area contributed by atoms with Crippen molar-refractivity contribution in [3.8, 4) is 5.75 Å². The molecule has 0 unspecified atom stereocenters. The van der Waals surface area contributed by atoms with Crippen molar-refractivity contribution in [1.82, 2.24) is 10.2 Å². The average molecular weight is 467 g/mol. The maximum Gasteiger partial charge on any atom is 0.250 e. The van der Waals surface area contributed by atoms with Gasteiger partial charge in [-0.15, -0.1) is 11.3 Å². The molecule has 1 aromatic carbocycles. The molecule has 1 saturated carbocycles. The highest BCUT2D eigenvalue weighted by Gasteiger charge is 2.35.